The summed E-state index contributed by atoms with van der Waals surface area (Å²) in [6, 6.07) is 23.5. The average Bonchev–Trinajstić information content (AvgIpc) is 3.02. The summed E-state index contributed by atoms with van der Waals surface area (Å²) in [5.74, 6) is -1.15. The van der Waals surface area contributed by atoms with Gasteiger partial charge in [-0.25, -0.2) is 9.59 Å². The summed E-state index contributed by atoms with van der Waals surface area (Å²) in [7, 11) is 2.61. The van der Waals surface area contributed by atoms with Crippen LogP contribution >= 0.6 is 0 Å². The lowest BCUT2D eigenvalue weighted by atomic mass is 10.0. The Morgan fingerprint density at radius 3 is 1.42 bits per heavy atom. The number of carbonyl (C=O) groups excluding carboxylic acids is 2. The minimum Gasteiger partial charge on any atom is -0.465 e. The topological polar surface area (TPSA) is 59.1 Å². The van der Waals surface area contributed by atoms with Gasteiger partial charge in [0.25, 0.3) is 0 Å². The molecule has 4 rings (SSSR count). The Bertz CT molecular complexity index is 997. The molecule has 158 valence electrons. The molecule has 0 spiro atoms. The highest BCUT2D eigenvalue weighted by atomic mass is 16.5. The highest BCUT2D eigenvalue weighted by molar-refractivity contribution is 6.06. The van der Waals surface area contributed by atoms with E-state index in [9.17, 15) is 9.59 Å². The number of fused-ring (bicyclic) bond motifs is 1. The van der Waals surface area contributed by atoms with Gasteiger partial charge in [0.2, 0.25) is 0 Å². The summed E-state index contributed by atoms with van der Waals surface area (Å²) in [4.78, 5) is 29.5. The van der Waals surface area contributed by atoms with E-state index < -0.39 is 11.9 Å². The smallest absolute Gasteiger partial charge is 0.338 e. The van der Waals surface area contributed by atoms with Crippen LogP contribution in [0, 0.1) is 0 Å². The third-order valence-electron chi connectivity index (χ3n) is 5.41. The van der Waals surface area contributed by atoms with Crippen LogP contribution in [0.15, 0.2) is 72.8 Å². The first-order valence-electron chi connectivity index (χ1n) is 10.1. The number of hydrogen-bond acceptors (Lipinski definition) is 6. The molecular formula is C25H24N2O4. The number of rotatable bonds is 4. The second kappa shape index (κ2) is 8.92. The largest absolute Gasteiger partial charge is 0.465 e. The minimum absolute atomic E-state index is 0.184. The number of esters is 2. The van der Waals surface area contributed by atoms with E-state index in [1.54, 1.807) is 12.1 Å². The fourth-order valence-corrected chi connectivity index (χ4v) is 3.95. The maximum Gasteiger partial charge on any atom is 0.338 e. The average molecular weight is 416 g/mol. The molecule has 0 unspecified atom stereocenters. The van der Waals surface area contributed by atoms with Crippen molar-refractivity contribution in [3.05, 3.63) is 83.9 Å². The lowest BCUT2D eigenvalue weighted by Gasteiger charge is -2.29. The van der Waals surface area contributed by atoms with Crippen LogP contribution in [-0.4, -0.2) is 39.2 Å². The lowest BCUT2D eigenvalue weighted by molar-refractivity contribution is 0.0555. The Balaban J connectivity index is 1.98. The van der Waals surface area contributed by atoms with Crippen molar-refractivity contribution >= 4 is 34.7 Å². The summed E-state index contributed by atoms with van der Waals surface area (Å²) in [5, 5.41) is 0. The molecule has 0 aromatic heterocycles. The Labute approximate surface area is 181 Å². The number of benzene rings is 3. The van der Waals surface area contributed by atoms with E-state index in [2.05, 4.69) is 9.80 Å². The third-order valence-corrected chi connectivity index (χ3v) is 5.41. The number of carbonyl (C=O) groups is 2. The van der Waals surface area contributed by atoms with Gasteiger partial charge < -0.3 is 19.3 Å². The summed E-state index contributed by atoms with van der Waals surface area (Å²) >= 11 is 0. The van der Waals surface area contributed by atoms with Gasteiger partial charge in [0.05, 0.1) is 36.7 Å². The Hall–Kier alpha value is -3.80. The standard InChI is InChI=1S/C25H24N2O4/c1-30-24(28)20-16-22-23(17-21(20)25(29)31-2)27(19-12-7-4-8-13-19)15-9-14-26(22)18-10-5-3-6-11-18/h3-8,10-13,16-17H,9,14-15H2,1-2H3. The first-order valence-corrected chi connectivity index (χ1v) is 10.1. The van der Waals surface area contributed by atoms with Crippen molar-refractivity contribution in [2.75, 3.05) is 37.1 Å². The summed E-state index contributed by atoms with van der Waals surface area (Å²) < 4.78 is 9.93. The van der Waals surface area contributed by atoms with Crippen LogP contribution in [-0.2, 0) is 9.47 Å². The first-order chi connectivity index (χ1) is 15.1. The molecular weight excluding hydrogens is 392 g/mol. The van der Waals surface area contributed by atoms with E-state index in [0.29, 0.717) is 0 Å². The molecule has 0 N–H and O–H groups in total. The number of nitrogens with zero attached hydrogens (tertiary/aromatic N) is 2. The molecule has 0 aliphatic carbocycles. The Morgan fingerprint density at radius 2 is 1.06 bits per heavy atom. The number of ether oxygens (including phenoxy) is 2. The predicted octanol–water partition coefficient (Wildman–Crippen LogP) is 4.94. The van der Waals surface area contributed by atoms with Crippen molar-refractivity contribution in [2.24, 2.45) is 0 Å². The monoisotopic (exact) mass is 416 g/mol. The maximum atomic E-state index is 12.6. The minimum atomic E-state index is -0.577. The highest BCUT2D eigenvalue weighted by Gasteiger charge is 2.28. The van der Waals surface area contributed by atoms with Crippen LogP contribution in [0.5, 0.6) is 0 Å². The van der Waals surface area contributed by atoms with Crippen LogP contribution in [0.2, 0.25) is 0 Å². The second-order valence-electron chi connectivity index (χ2n) is 7.20. The van der Waals surface area contributed by atoms with E-state index in [4.69, 9.17) is 9.47 Å². The van der Waals surface area contributed by atoms with Gasteiger partial charge in [-0.2, -0.15) is 0 Å². The molecule has 0 saturated heterocycles. The van der Waals surface area contributed by atoms with E-state index in [1.165, 1.54) is 14.2 Å². The molecule has 3 aromatic rings. The zero-order chi connectivity index (χ0) is 21.8. The maximum absolute atomic E-state index is 12.6. The first kappa shape index (κ1) is 20.5. The van der Waals surface area contributed by atoms with Gasteiger partial charge in [-0.1, -0.05) is 36.4 Å². The van der Waals surface area contributed by atoms with E-state index in [0.717, 1.165) is 42.3 Å². The molecule has 0 fully saturated rings. The van der Waals surface area contributed by atoms with E-state index in [1.807, 2.05) is 60.7 Å². The van der Waals surface area contributed by atoms with Gasteiger partial charge in [0.1, 0.15) is 0 Å². The van der Waals surface area contributed by atoms with Crippen LogP contribution < -0.4 is 9.80 Å². The van der Waals surface area contributed by atoms with Gasteiger partial charge >= 0.3 is 11.9 Å². The summed E-state index contributed by atoms with van der Waals surface area (Å²) in [5.41, 5.74) is 4.06. The summed E-state index contributed by atoms with van der Waals surface area (Å²) in [6.45, 7) is 1.52. The van der Waals surface area contributed by atoms with Gasteiger partial charge in [-0.05, 0) is 42.8 Å². The zero-order valence-electron chi connectivity index (χ0n) is 17.6. The number of methoxy groups -OCH3 is 2. The van der Waals surface area contributed by atoms with Crippen LogP contribution in [0.4, 0.5) is 22.7 Å². The fraction of sp³-hybridized carbons (Fsp3) is 0.200. The zero-order valence-corrected chi connectivity index (χ0v) is 17.6. The molecule has 0 saturated carbocycles. The van der Waals surface area contributed by atoms with Crippen molar-refractivity contribution in [3.63, 3.8) is 0 Å². The number of para-hydroxylation sites is 2. The van der Waals surface area contributed by atoms with Gasteiger partial charge in [0.15, 0.2) is 0 Å². The molecule has 0 atom stereocenters. The molecule has 6 nitrogen and oxygen atoms in total. The summed E-state index contributed by atoms with van der Waals surface area (Å²) in [6.07, 6.45) is 0.888. The van der Waals surface area contributed by atoms with Crippen molar-refractivity contribution in [1.29, 1.82) is 0 Å². The quantitative estimate of drug-likeness (QED) is 0.562. The van der Waals surface area contributed by atoms with E-state index >= 15 is 0 Å². The van der Waals surface area contributed by atoms with Gasteiger partial charge in [0, 0.05) is 24.5 Å². The molecule has 0 radical (unpaired) electrons. The third kappa shape index (κ3) is 3.97. The second-order valence-corrected chi connectivity index (χ2v) is 7.20. The van der Waals surface area contributed by atoms with Gasteiger partial charge in [-0.3, -0.25) is 0 Å². The van der Waals surface area contributed by atoms with Crippen molar-refractivity contribution in [1.82, 2.24) is 0 Å². The molecule has 1 aliphatic rings. The molecule has 6 heteroatoms. The van der Waals surface area contributed by atoms with Crippen LogP contribution in [0.25, 0.3) is 0 Å². The molecule has 1 heterocycles. The van der Waals surface area contributed by atoms with E-state index in [-0.39, 0.29) is 11.1 Å². The number of anilines is 4. The molecule has 31 heavy (non-hydrogen) atoms. The SMILES string of the molecule is COC(=O)c1cc2c(cc1C(=O)OC)N(c1ccccc1)CCCN2c1ccccc1. The normalized spacial score (nSPS) is 13.2. The highest BCUT2D eigenvalue weighted by Crippen LogP contribution is 2.42. The molecule has 1 aliphatic heterocycles. The van der Waals surface area contributed by atoms with Crippen molar-refractivity contribution in [3.8, 4) is 0 Å². The Kier molecular flexibility index (Phi) is 5.89. The van der Waals surface area contributed by atoms with Gasteiger partial charge in [-0.15, -0.1) is 0 Å². The van der Waals surface area contributed by atoms with Crippen LogP contribution in [0.3, 0.4) is 0 Å². The number of hydrogen-bond donors (Lipinski definition) is 0. The fourth-order valence-electron chi connectivity index (χ4n) is 3.95. The van der Waals surface area contributed by atoms with Crippen molar-refractivity contribution in [2.45, 2.75) is 6.42 Å². The predicted molar refractivity (Wildman–Crippen MR) is 121 cm³/mol. The lowest BCUT2D eigenvalue weighted by Crippen LogP contribution is -2.20. The Morgan fingerprint density at radius 1 is 0.677 bits per heavy atom. The molecule has 3 aromatic carbocycles. The van der Waals surface area contributed by atoms with Crippen LogP contribution in [0.1, 0.15) is 27.1 Å². The molecule has 0 bridgehead atoms. The van der Waals surface area contributed by atoms with Crippen molar-refractivity contribution < 1.29 is 19.1 Å². The molecule has 0 amide bonds.